The van der Waals surface area contributed by atoms with Gasteiger partial charge >= 0.3 is 5.97 Å². The number of aryl methyl sites for hydroxylation is 1. The number of carbonyl (C=O) groups is 1. The highest BCUT2D eigenvalue weighted by Gasteiger charge is 2.15. The van der Waals surface area contributed by atoms with Gasteiger partial charge in [-0.1, -0.05) is 0 Å². The maximum absolute atomic E-state index is 11.3. The van der Waals surface area contributed by atoms with E-state index in [9.17, 15) is 4.79 Å². The molecular formula is C11H16O2S. The molecule has 78 valence electrons. The van der Waals surface area contributed by atoms with E-state index >= 15 is 0 Å². The zero-order chi connectivity index (χ0) is 10.6. The molecule has 1 heterocycles. The van der Waals surface area contributed by atoms with E-state index in [4.69, 9.17) is 4.74 Å². The van der Waals surface area contributed by atoms with Crippen LogP contribution in [0.3, 0.4) is 0 Å². The molecular weight excluding hydrogens is 196 g/mol. The molecule has 14 heavy (non-hydrogen) atoms. The summed E-state index contributed by atoms with van der Waals surface area (Å²) in [5, 5.41) is 4.08. The molecule has 0 aliphatic rings. The van der Waals surface area contributed by atoms with E-state index in [2.05, 4.69) is 5.38 Å². The topological polar surface area (TPSA) is 26.3 Å². The predicted molar refractivity (Wildman–Crippen MR) is 58.5 cm³/mol. The van der Waals surface area contributed by atoms with Crippen molar-refractivity contribution in [2.75, 3.05) is 0 Å². The molecule has 2 nitrogen and oxygen atoms in total. The van der Waals surface area contributed by atoms with Crippen LogP contribution in [-0.4, -0.2) is 11.6 Å². The molecule has 0 bridgehead atoms. The van der Waals surface area contributed by atoms with Crippen molar-refractivity contribution in [3.63, 3.8) is 0 Å². The average molecular weight is 212 g/mol. The van der Waals surface area contributed by atoms with Crippen LogP contribution in [0.15, 0.2) is 16.8 Å². The van der Waals surface area contributed by atoms with Crippen molar-refractivity contribution in [2.45, 2.75) is 39.2 Å². The number of rotatable bonds is 3. The Hall–Kier alpha value is -0.830. The molecule has 0 aliphatic carbocycles. The van der Waals surface area contributed by atoms with Crippen molar-refractivity contribution in [2.24, 2.45) is 0 Å². The van der Waals surface area contributed by atoms with Gasteiger partial charge in [0.05, 0.1) is 0 Å². The first-order valence-electron chi connectivity index (χ1n) is 4.70. The molecule has 1 rings (SSSR count). The van der Waals surface area contributed by atoms with Gasteiger partial charge in [0.15, 0.2) is 0 Å². The zero-order valence-corrected chi connectivity index (χ0v) is 9.69. The second-order valence-electron chi connectivity index (χ2n) is 4.22. The number of esters is 1. The third-order valence-electron chi connectivity index (χ3n) is 1.62. The van der Waals surface area contributed by atoms with Gasteiger partial charge in [-0.15, -0.1) is 0 Å². The molecule has 0 spiro atoms. The first kappa shape index (κ1) is 11.2. The summed E-state index contributed by atoms with van der Waals surface area (Å²) in [6.07, 6.45) is 1.24. The van der Waals surface area contributed by atoms with Crippen molar-refractivity contribution in [1.29, 1.82) is 0 Å². The van der Waals surface area contributed by atoms with Crippen molar-refractivity contribution in [3.8, 4) is 0 Å². The third kappa shape index (κ3) is 4.42. The summed E-state index contributed by atoms with van der Waals surface area (Å²) >= 11 is 1.65. The highest BCUT2D eigenvalue weighted by atomic mass is 32.1. The Morgan fingerprint density at radius 1 is 1.50 bits per heavy atom. The largest absolute Gasteiger partial charge is 0.460 e. The quantitative estimate of drug-likeness (QED) is 0.720. The second kappa shape index (κ2) is 4.60. The van der Waals surface area contributed by atoms with Crippen molar-refractivity contribution in [3.05, 3.63) is 22.4 Å². The van der Waals surface area contributed by atoms with Gasteiger partial charge in [0.2, 0.25) is 0 Å². The van der Waals surface area contributed by atoms with E-state index in [1.807, 2.05) is 32.2 Å². The molecule has 0 fully saturated rings. The standard InChI is InChI=1S/C11H16O2S/c1-11(2,3)13-10(12)5-4-9-6-7-14-8-9/h6-8H,4-5H2,1-3H3. The van der Waals surface area contributed by atoms with Gasteiger partial charge in [-0.2, -0.15) is 11.3 Å². The molecule has 3 heteroatoms. The molecule has 0 aliphatic heterocycles. The maximum atomic E-state index is 11.3. The number of carbonyl (C=O) groups excluding carboxylic acids is 1. The molecule has 0 radical (unpaired) electrons. The minimum absolute atomic E-state index is 0.122. The molecule has 0 N–H and O–H groups in total. The molecule has 0 unspecified atom stereocenters. The Morgan fingerprint density at radius 3 is 2.71 bits per heavy atom. The monoisotopic (exact) mass is 212 g/mol. The lowest BCUT2D eigenvalue weighted by Crippen LogP contribution is -2.23. The summed E-state index contributed by atoms with van der Waals surface area (Å²) in [5.41, 5.74) is 0.840. The van der Waals surface area contributed by atoms with Gasteiger partial charge in [-0.3, -0.25) is 4.79 Å². The Balaban J connectivity index is 2.29. The molecule has 0 amide bonds. The smallest absolute Gasteiger partial charge is 0.306 e. The summed E-state index contributed by atoms with van der Waals surface area (Å²) < 4.78 is 5.20. The number of hydrogen-bond donors (Lipinski definition) is 0. The molecule has 0 saturated heterocycles. The average Bonchev–Trinajstić information content (AvgIpc) is 2.49. The summed E-state index contributed by atoms with van der Waals surface area (Å²) in [7, 11) is 0. The molecule has 0 aromatic carbocycles. The lowest BCUT2D eigenvalue weighted by Gasteiger charge is -2.19. The third-order valence-corrected chi connectivity index (χ3v) is 2.35. The van der Waals surface area contributed by atoms with Crippen molar-refractivity contribution < 1.29 is 9.53 Å². The Labute approximate surface area is 88.9 Å². The fraction of sp³-hybridized carbons (Fsp3) is 0.545. The Kier molecular flexibility index (Phi) is 3.69. The number of thiophene rings is 1. The summed E-state index contributed by atoms with van der Waals surface area (Å²) in [6.45, 7) is 5.65. The summed E-state index contributed by atoms with van der Waals surface area (Å²) in [6, 6.07) is 2.04. The Bertz CT molecular complexity index is 283. The van der Waals surface area contributed by atoms with Gasteiger partial charge in [0.1, 0.15) is 5.60 Å². The van der Waals surface area contributed by atoms with E-state index in [1.165, 1.54) is 5.56 Å². The normalized spacial score (nSPS) is 11.4. The van der Waals surface area contributed by atoms with Crippen LogP contribution in [-0.2, 0) is 16.0 Å². The fourth-order valence-electron chi connectivity index (χ4n) is 1.07. The van der Waals surface area contributed by atoms with Crippen LogP contribution in [0.2, 0.25) is 0 Å². The van der Waals surface area contributed by atoms with Gasteiger partial charge in [0.25, 0.3) is 0 Å². The van der Waals surface area contributed by atoms with Gasteiger partial charge in [-0.25, -0.2) is 0 Å². The van der Waals surface area contributed by atoms with E-state index in [-0.39, 0.29) is 11.6 Å². The van der Waals surface area contributed by atoms with Gasteiger partial charge < -0.3 is 4.74 Å². The van der Waals surface area contributed by atoms with Crippen LogP contribution >= 0.6 is 11.3 Å². The fourth-order valence-corrected chi connectivity index (χ4v) is 1.78. The summed E-state index contributed by atoms with van der Waals surface area (Å²) in [4.78, 5) is 11.3. The molecule has 0 saturated carbocycles. The van der Waals surface area contributed by atoms with Crippen LogP contribution in [0.25, 0.3) is 0 Å². The highest BCUT2D eigenvalue weighted by molar-refractivity contribution is 7.07. The number of hydrogen-bond acceptors (Lipinski definition) is 3. The van der Waals surface area contributed by atoms with Crippen molar-refractivity contribution in [1.82, 2.24) is 0 Å². The van der Waals surface area contributed by atoms with E-state index in [0.717, 1.165) is 6.42 Å². The molecule has 1 aromatic heterocycles. The predicted octanol–water partition coefficient (Wildman–Crippen LogP) is 3.02. The molecule has 1 aromatic rings. The second-order valence-corrected chi connectivity index (χ2v) is 5.00. The highest BCUT2D eigenvalue weighted by Crippen LogP contribution is 2.12. The molecule has 0 atom stereocenters. The van der Waals surface area contributed by atoms with Crippen LogP contribution in [0.5, 0.6) is 0 Å². The van der Waals surface area contributed by atoms with Gasteiger partial charge in [-0.05, 0) is 49.6 Å². The van der Waals surface area contributed by atoms with Crippen LogP contribution in [0.1, 0.15) is 32.8 Å². The van der Waals surface area contributed by atoms with Gasteiger partial charge in [0, 0.05) is 6.42 Å². The minimum Gasteiger partial charge on any atom is -0.460 e. The van der Waals surface area contributed by atoms with Crippen LogP contribution < -0.4 is 0 Å². The first-order valence-corrected chi connectivity index (χ1v) is 5.64. The van der Waals surface area contributed by atoms with E-state index in [0.29, 0.717) is 6.42 Å². The zero-order valence-electron chi connectivity index (χ0n) is 8.87. The maximum Gasteiger partial charge on any atom is 0.306 e. The first-order chi connectivity index (χ1) is 6.47. The Morgan fingerprint density at radius 2 is 2.21 bits per heavy atom. The lowest BCUT2D eigenvalue weighted by molar-refractivity contribution is -0.154. The summed E-state index contributed by atoms with van der Waals surface area (Å²) in [5.74, 6) is -0.122. The van der Waals surface area contributed by atoms with E-state index in [1.54, 1.807) is 11.3 Å². The SMILES string of the molecule is CC(C)(C)OC(=O)CCc1ccsc1. The minimum atomic E-state index is -0.369. The van der Waals surface area contributed by atoms with Crippen molar-refractivity contribution >= 4 is 17.3 Å². The van der Waals surface area contributed by atoms with E-state index < -0.39 is 0 Å². The van der Waals surface area contributed by atoms with Crippen LogP contribution in [0.4, 0.5) is 0 Å². The number of ether oxygens (including phenoxy) is 1. The van der Waals surface area contributed by atoms with Crippen LogP contribution in [0, 0.1) is 0 Å². The lowest BCUT2D eigenvalue weighted by atomic mass is 10.1.